The lowest BCUT2D eigenvalue weighted by Gasteiger charge is -2.56. The van der Waals surface area contributed by atoms with Crippen LogP contribution in [-0.4, -0.2) is 35.7 Å². The van der Waals surface area contributed by atoms with Gasteiger partial charge in [0.15, 0.2) is 0 Å². The van der Waals surface area contributed by atoms with Crippen molar-refractivity contribution in [1.29, 1.82) is 0 Å². The highest BCUT2D eigenvalue weighted by atomic mass is 16.3. The van der Waals surface area contributed by atoms with Crippen LogP contribution in [0.2, 0.25) is 0 Å². The van der Waals surface area contributed by atoms with Crippen molar-refractivity contribution >= 4 is 0 Å². The average molecular weight is 181 g/mol. The fourth-order valence-corrected chi connectivity index (χ4v) is 4.23. The maximum absolute atomic E-state index is 9.77. The van der Waals surface area contributed by atoms with Crippen molar-refractivity contribution in [3.05, 3.63) is 0 Å². The second-order valence-corrected chi connectivity index (χ2v) is 5.39. The van der Waals surface area contributed by atoms with E-state index in [1.807, 2.05) is 6.92 Å². The number of aliphatic hydroxyl groups excluding tert-OH is 1. The zero-order valence-electron chi connectivity index (χ0n) is 8.32. The van der Waals surface area contributed by atoms with Gasteiger partial charge in [0.2, 0.25) is 0 Å². The summed E-state index contributed by atoms with van der Waals surface area (Å²) < 4.78 is 0. The molecule has 0 spiro atoms. The second-order valence-electron chi connectivity index (χ2n) is 5.39. The Balaban J connectivity index is 1.85. The van der Waals surface area contributed by atoms with Crippen molar-refractivity contribution < 1.29 is 5.11 Å². The Morgan fingerprint density at radius 3 is 2.23 bits per heavy atom. The van der Waals surface area contributed by atoms with Gasteiger partial charge in [0, 0.05) is 19.6 Å². The molecule has 1 N–H and O–H groups in total. The van der Waals surface area contributed by atoms with E-state index in [1.54, 1.807) is 0 Å². The molecule has 2 nitrogen and oxygen atoms in total. The highest BCUT2D eigenvalue weighted by Crippen LogP contribution is 2.48. The zero-order chi connectivity index (χ0) is 9.00. The van der Waals surface area contributed by atoms with Gasteiger partial charge in [0.25, 0.3) is 0 Å². The molecule has 4 rings (SSSR count). The summed E-state index contributed by atoms with van der Waals surface area (Å²) in [6.07, 6.45) is 2.71. The molecule has 4 fully saturated rings. The normalized spacial score (nSPS) is 55.4. The lowest BCUT2D eigenvalue weighted by atomic mass is 9.60. The van der Waals surface area contributed by atoms with Crippen LogP contribution in [0.1, 0.15) is 19.8 Å². The summed E-state index contributed by atoms with van der Waals surface area (Å²) in [6.45, 7) is 5.87. The quantitative estimate of drug-likeness (QED) is 0.651. The van der Waals surface area contributed by atoms with E-state index in [4.69, 9.17) is 0 Å². The predicted molar refractivity (Wildman–Crippen MR) is 51.3 cm³/mol. The highest BCUT2D eigenvalue weighted by molar-refractivity contribution is 4.99. The second kappa shape index (κ2) is 2.71. The van der Waals surface area contributed by atoms with Gasteiger partial charge in [-0.25, -0.2) is 0 Å². The molecule has 3 unspecified atom stereocenters. The highest BCUT2D eigenvalue weighted by Gasteiger charge is 2.48. The van der Waals surface area contributed by atoms with E-state index in [0.29, 0.717) is 5.92 Å². The smallest absolute Gasteiger partial charge is 0.0546 e. The fraction of sp³-hybridized carbons (Fsp3) is 1.00. The van der Waals surface area contributed by atoms with Crippen molar-refractivity contribution in [3.63, 3.8) is 0 Å². The third-order valence-electron chi connectivity index (χ3n) is 4.42. The van der Waals surface area contributed by atoms with Crippen LogP contribution in [-0.2, 0) is 0 Å². The molecule has 0 radical (unpaired) electrons. The van der Waals surface area contributed by atoms with E-state index < -0.39 is 0 Å². The van der Waals surface area contributed by atoms with Gasteiger partial charge in [-0.15, -0.1) is 0 Å². The third kappa shape index (κ3) is 1.15. The lowest BCUT2D eigenvalue weighted by molar-refractivity contribution is -0.102. The molecule has 3 saturated heterocycles. The molecule has 1 saturated carbocycles. The SMILES string of the molecule is CC(O)C1C2CC3CC1CN(C3)C2. The van der Waals surface area contributed by atoms with Crippen LogP contribution in [0.25, 0.3) is 0 Å². The predicted octanol–water partition coefficient (Wildman–Crippen LogP) is 0.955. The third-order valence-corrected chi connectivity index (χ3v) is 4.42. The first-order chi connectivity index (χ1) is 6.24. The molecule has 4 aliphatic rings. The first-order valence-corrected chi connectivity index (χ1v) is 5.64. The minimum atomic E-state index is -0.0730. The van der Waals surface area contributed by atoms with Crippen LogP contribution in [0.4, 0.5) is 0 Å². The minimum Gasteiger partial charge on any atom is -0.393 e. The van der Waals surface area contributed by atoms with Gasteiger partial charge in [0.1, 0.15) is 0 Å². The number of aliphatic hydroxyl groups is 1. The van der Waals surface area contributed by atoms with Crippen molar-refractivity contribution in [1.82, 2.24) is 4.90 Å². The van der Waals surface area contributed by atoms with Crippen molar-refractivity contribution in [2.24, 2.45) is 23.7 Å². The van der Waals surface area contributed by atoms with Crippen molar-refractivity contribution in [2.75, 3.05) is 19.6 Å². The Bertz CT molecular complexity index is 186. The van der Waals surface area contributed by atoms with Crippen LogP contribution in [0.5, 0.6) is 0 Å². The van der Waals surface area contributed by atoms with E-state index in [-0.39, 0.29) is 6.10 Å². The van der Waals surface area contributed by atoms with Crippen molar-refractivity contribution in [2.45, 2.75) is 25.9 Å². The maximum atomic E-state index is 9.77. The monoisotopic (exact) mass is 181 g/mol. The molecular formula is C11H19NO. The topological polar surface area (TPSA) is 23.5 Å². The minimum absolute atomic E-state index is 0.0730. The molecule has 2 heteroatoms. The van der Waals surface area contributed by atoms with Crippen LogP contribution in [0, 0.1) is 23.7 Å². The van der Waals surface area contributed by atoms with Gasteiger partial charge >= 0.3 is 0 Å². The summed E-state index contributed by atoms with van der Waals surface area (Å²) in [5, 5.41) is 9.77. The van der Waals surface area contributed by atoms with E-state index >= 15 is 0 Å². The molecule has 0 aromatic heterocycles. The van der Waals surface area contributed by atoms with Gasteiger partial charge in [-0.1, -0.05) is 0 Å². The Morgan fingerprint density at radius 1 is 1.15 bits per heavy atom. The van der Waals surface area contributed by atoms with Crippen LogP contribution >= 0.6 is 0 Å². The molecule has 3 heterocycles. The molecule has 0 aromatic rings. The Hall–Kier alpha value is -0.0800. The summed E-state index contributed by atoms with van der Waals surface area (Å²) >= 11 is 0. The lowest BCUT2D eigenvalue weighted by Crippen LogP contribution is -2.59. The maximum Gasteiger partial charge on any atom is 0.0546 e. The number of rotatable bonds is 1. The Morgan fingerprint density at radius 2 is 1.77 bits per heavy atom. The van der Waals surface area contributed by atoms with Gasteiger partial charge in [-0.2, -0.15) is 0 Å². The molecule has 13 heavy (non-hydrogen) atoms. The summed E-state index contributed by atoms with van der Waals surface area (Å²) in [7, 11) is 0. The van der Waals surface area contributed by atoms with Gasteiger partial charge in [0.05, 0.1) is 6.10 Å². The Labute approximate surface area is 79.9 Å². The summed E-state index contributed by atoms with van der Waals surface area (Å²) in [5.41, 5.74) is 0. The summed E-state index contributed by atoms with van der Waals surface area (Å²) in [6, 6.07) is 0. The van der Waals surface area contributed by atoms with Gasteiger partial charge in [-0.3, -0.25) is 0 Å². The number of hydrogen-bond acceptors (Lipinski definition) is 2. The summed E-state index contributed by atoms with van der Waals surface area (Å²) in [4.78, 5) is 2.62. The van der Waals surface area contributed by atoms with Crippen LogP contribution < -0.4 is 0 Å². The number of nitrogens with zero attached hydrogens (tertiary/aromatic N) is 1. The molecule has 1 aliphatic carbocycles. The van der Waals surface area contributed by atoms with Crippen molar-refractivity contribution in [3.8, 4) is 0 Å². The molecule has 0 aromatic carbocycles. The van der Waals surface area contributed by atoms with Crippen LogP contribution in [0.15, 0.2) is 0 Å². The molecule has 3 atom stereocenters. The largest absolute Gasteiger partial charge is 0.393 e. The fourth-order valence-electron chi connectivity index (χ4n) is 4.23. The van der Waals surface area contributed by atoms with Gasteiger partial charge < -0.3 is 10.0 Å². The van der Waals surface area contributed by atoms with Gasteiger partial charge in [-0.05, 0) is 43.4 Å². The first-order valence-electron chi connectivity index (χ1n) is 5.64. The first kappa shape index (κ1) is 8.25. The van der Waals surface area contributed by atoms with Crippen LogP contribution in [0.3, 0.4) is 0 Å². The molecule has 0 amide bonds. The Kier molecular flexibility index (Phi) is 1.72. The zero-order valence-corrected chi connectivity index (χ0v) is 8.32. The number of piperidine rings is 3. The van der Waals surface area contributed by atoms with E-state index in [0.717, 1.165) is 17.8 Å². The summed E-state index contributed by atoms with van der Waals surface area (Å²) in [5.74, 6) is 3.21. The standard InChI is InChI=1S/C11H19NO/c1-7(13)11-9-2-8-3-10(11)6-12(4-8)5-9/h7-11,13H,2-6H2,1H3. The number of hydrogen-bond donors (Lipinski definition) is 1. The van der Waals surface area contributed by atoms with E-state index in [2.05, 4.69) is 4.90 Å². The van der Waals surface area contributed by atoms with E-state index in [1.165, 1.54) is 32.5 Å². The molecular weight excluding hydrogens is 162 g/mol. The average Bonchev–Trinajstić information content (AvgIpc) is 2.00. The molecule has 4 bridgehead atoms. The van der Waals surface area contributed by atoms with E-state index in [9.17, 15) is 5.11 Å². The molecule has 74 valence electrons. The molecule has 3 aliphatic heterocycles.